The van der Waals surface area contributed by atoms with Crippen molar-refractivity contribution in [3.8, 4) is 0 Å². The van der Waals surface area contributed by atoms with Crippen molar-refractivity contribution in [2.45, 2.75) is 19.8 Å². The first kappa shape index (κ1) is 17.3. The van der Waals surface area contributed by atoms with E-state index in [2.05, 4.69) is 63.9 Å². The van der Waals surface area contributed by atoms with Gasteiger partial charge in [0.15, 0.2) is 5.96 Å². The molecule has 0 saturated carbocycles. The fraction of sp³-hybridized carbons (Fsp3) is 0.389. The molecule has 124 valence electrons. The van der Waals surface area contributed by atoms with Gasteiger partial charge >= 0.3 is 0 Å². The van der Waals surface area contributed by atoms with E-state index < -0.39 is 0 Å². The molecule has 2 aromatic rings. The molecule has 1 aromatic carbocycles. The molecule has 0 fully saturated rings. The van der Waals surface area contributed by atoms with E-state index in [1.807, 2.05) is 6.07 Å². The number of aliphatic imine (C=N–C) groups is 1. The van der Waals surface area contributed by atoms with Crippen molar-refractivity contribution in [3.63, 3.8) is 0 Å². The van der Waals surface area contributed by atoms with Gasteiger partial charge in [0.25, 0.3) is 0 Å². The van der Waals surface area contributed by atoms with Crippen molar-refractivity contribution in [3.05, 3.63) is 52.7 Å². The van der Waals surface area contributed by atoms with Crippen molar-refractivity contribution < 1.29 is 0 Å². The van der Waals surface area contributed by atoms with Crippen LogP contribution in [0.5, 0.6) is 0 Å². The smallest absolute Gasteiger partial charge is 0.188 e. The maximum atomic E-state index is 5.90. The summed E-state index contributed by atoms with van der Waals surface area (Å²) in [5.74, 6) is 0.546. The molecule has 0 unspecified atom stereocenters. The second kappa shape index (κ2) is 9.90. The van der Waals surface area contributed by atoms with Gasteiger partial charge in [0.1, 0.15) is 0 Å². The predicted molar refractivity (Wildman–Crippen MR) is 101 cm³/mol. The summed E-state index contributed by atoms with van der Waals surface area (Å²) < 4.78 is 0. The van der Waals surface area contributed by atoms with Gasteiger partial charge in [-0.2, -0.15) is 0 Å². The molecular formula is C18H26N4S. The topological polar surface area (TPSA) is 53.6 Å². The quantitative estimate of drug-likeness (QED) is 0.422. The van der Waals surface area contributed by atoms with Crippen LogP contribution < -0.4 is 16.0 Å². The number of nitrogens with one attached hydrogen (secondary N) is 1. The second-order valence-electron chi connectivity index (χ2n) is 5.29. The minimum Gasteiger partial charge on any atom is -0.372 e. The Morgan fingerprint density at radius 2 is 2.04 bits per heavy atom. The highest BCUT2D eigenvalue weighted by molar-refractivity contribution is 7.09. The molecule has 0 bridgehead atoms. The SMILES string of the molecule is CCN(CCCN=C(N)NCCc1cccs1)c1ccccc1. The number of nitrogens with two attached hydrogens (primary N) is 1. The van der Waals surface area contributed by atoms with Gasteiger partial charge in [0, 0.05) is 36.7 Å². The molecule has 0 radical (unpaired) electrons. The number of benzene rings is 1. The van der Waals surface area contributed by atoms with Crippen molar-refractivity contribution in [1.29, 1.82) is 0 Å². The van der Waals surface area contributed by atoms with Crippen molar-refractivity contribution in [1.82, 2.24) is 5.32 Å². The first-order valence-electron chi connectivity index (χ1n) is 8.15. The second-order valence-corrected chi connectivity index (χ2v) is 6.32. The summed E-state index contributed by atoms with van der Waals surface area (Å²) in [6.07, 6.45) is 1.99. The lowest BCUT2D eigenvalue weighted by molar-refractivity contribution is 0.749. The third-order valence-electron chi connectivity index (χ3n) is 3.63. The van der Waals surface area contributed by atoms with E-state index in [-0.39, 0.29) is 0 Å². The summed E-state index contributed by atoms with van der Waals surface area (Å²) in [6, 6.07) is 14.7. The zero-order chi connectivity index (χ0) is 16.3. The Hall–Kier alpha value is -2.01. The Kier molecular flexibility index (Phi) is 7.46. The molecule has 0 aliphatic rings. The van der Waals surface area contributed by atoms with Crippen LogP contribution in [0.4, 0.5) is 5.69 Å². The van der Waals surface area contributed by atoms with Crippen LogP contribution in [0.3, 0.4) is 0 Å². The molecule has 0 saturated heterocycles. The number of thiophene rings is 1. The molecular weight excluding hydrogens is 304 g/mol. The number of hydrogen-bond donors (Lipinski definition) is 2. The highest BCUT2D eigenvalue weighted by Gasteiger charge is 2.02. The highest BCUT2D eigenvalue weighted by Crippen LogP contribution is 2.12. The van der Waals surface area contributed by atoms with Gasteiger partial charge in [-0.15, -0.1) is 11.3 Å². The maximum Gasteiger partial charge on any atom is 0.188 e. The van der Waals surface area contributed by atoms with E-state index in [9.17, 15) is 0 Å². The minimum absolute atomic E-state index is 0.546. The van der Waals surface area contributed by atoms with E-state index in [1.54, 1.807) is 11.3 Å². The third kappa shape index (κ3) is 6.32. The fourth-order valence-electron chi connectivity index (χ4n) is 2.39. The van der Waals surface area contributed by atoms with E-state index >= 15 is 0 Å². The van der Waals surface area contributed by atoms with Gasteiger partial charge < -0.3 is 16.0 Å². The van der Waals surface area contributed by atoms with E-state index in [0.29, 0.717) is 5.96 Å². The molecule has 1 heterocycles. The Morgan fingerprint density at radius 1 is 1.22 bits per heavy atom. The molecule has 4 nitrogen and oxygen atoms in total. The highest BCUT2D eigenvalue weighted by atomic mass is 32.1. The van der Waals surface area contributed by atoms with Gasteiger partial charge in [-0.1, -0.05) is 24.3 Å². The lowest BCUT2D eigenvalue weighted by Gasteiger charge is -2.22. The zero-order valence-corrected chi connectivity index (χ0v) is 14.6. The van der Waals surface area contributed by atoms with Crippen molar-refractivity contribution in [2.75, 3.05) is 31.1 Å². The predicted octanol–water partition coefficient (Wildman–Crippen LogP) is 3.11. The summed E-state index contributed by atoms with van der Waals surface area (Å²) in [6.45, 7) is 5.76. The van der Waals surface area contributed by atoms with Crippen LogP contribution in [-0.4, -0.2) is 32.1 Å². The number of anilines is 1. The summed E-state index contributed by atoms with van der Waals surface area (Å²) >= 11 is 1.77. The number of guanidine groups is 1. The molecule has 0 atom stereocenters. The number of nitrogens with zero attached hydrogens (tertiary/aromatic N) is 2. The summed E-state index contributed by atoms with van der Waals surface area (Å²) in [4.78, 5) is 8.13. The minimum atomic E-state index is 0.546. The molecule has 3 N–H and O–H groups in total. The molecule has 5 heteroatoms. The molecule has 0 aliphatic carbocycles. The van der Waals surface area contributed by atoms with Gasteiger partial charge in [-0.3, -0.25) is 4.99 Å². The lowest BCUT2D eigenvalue weighted by Crippen LogP contribution is -2.33. The van der Waals surface area contributed by atoms with E-state index in [0.717, 1.165) is 39.0 Å². The Bertz CT molecular complexity index is 566. The largest absolute Gasteiger partial charge is 0.372 e. The zero-order valence-electron chi connectivity index (χ0n) is 13.7. The monoisotopic (exact) mass is 330 g/mol. The van der Waals surface area contributed by atoms with Crippen LogP contribution in [0.1, 0.15) is 18.2 Å². The number of para-hydroxylation sites is 1. The van der Waals surface area contributed by atoms with E-state index in [4.69, 9.17) is 5.73 Å². The lowest BCUT2D eigenvalue weighted by atomic mass is 10.2. The standard InChI is InChI=1S/C18H26N4S/c1-2-22(16-8-4-3-5-9-16)14-7-12-20-18(19)21-13-11-17-10-6-15-23-17/h3-6,8-10,15H,2,7,11-14H2,1H3,(H3,19,20,21). The fourth-order valence-corrected chi connectivity index (χ4v) is 3.10. The van der Waals surface area contributed by atoms with Crippen molar-refractivity contribution >= 4 is 23.0 Å². The Morgan fingerprint density at radius 3 is 2.74 bits per heavy atom. The van der Waals surface area contributed by atoms with Gasteiger partial charge in [-0.05, 0) is 43.3 Å². The molecule has 0 aliphatic heterocycles. The van der Waals surface area contributed by atoms with E-state index in [1.165, 1.54) is 10.6 Å². The summed E-state index contributed by atoms with van der Waals surface area (Å²) in [7, 11) is 0. The van der Waals surface area contributed by atoms with Crippen LogP contribution in [0, 0.1) is 0 Å². The van der Waals surface area contributed by atoms with Crippen molar-refractivity contribution in [2.24, 2.45) is 10.7 Å². The average Bonchev–Trinajstić information content (AvgIpc) is 3.09. The average molecular weight is 331 g/mol. The maximum absolute atomic E-state index is 5.90. The van der Waals surface area contributed by atoms with Crippen LogP contribution in [0.25, 0.3) is 0 Å². The first-order chi connectivity index (χ1) is 11.3. The first-order valence-corrected chi connectivity index (χ1v) is 9.03. The molecule has 0 amide bonds. The Labute approximate surface area is 143 Å². The summed E-state index contributed by atoms with van der Waals surface area (Å²) in [5, 5.41) is 5.27. The Balaban J connectivity index is 1.64. The number of rotatable bonds is 9. The van der Waals surface area contributed by atoms with Gasteiger partial charge in [0.05, 0.1) is 0 Å². The normalized spacial score (nSPS) is 11.4. The molecule has 2 rings (SSSR count). The molecule has 0 spiro atoms. The summed E-state index contributed by atoms with van der Waals surface area (Å²) in [5.41, 5.74) is 7.17. The van der Waals surface area contributed by atoms with Crippen LogP contribution in [0.2, 0.25) is 0 Å². The van der Waals surface area contributed by atoms with Crippen LogP contribution in [0.15, 0.2) is 52.8 Å². The molecule has 23 heavy (non-hydrogen) atoms. The molecule has 1 aromatic heterocycles. The number of hydrogen-bond acceptors (Lipinski definition) is 3. The van der Waals surface area contributed by atoms with Crippen LogP contribution >= 0.6 is 11.3 Å². The van der Waals surface area contributed by atoms with Crippen LogP contribution in [-0.2, 0) is 6.42 Å². The third-order valence-corrected chi connectivity index (χ3v) is 4.57. The van der Waals surface area contributed by atoms with Gasteiger partial charge in [-0.25, -0.2) is 0 Å². The van der Waals surface area contributed by atoms with Gasteiger partial charge in [0.2, 0.25) is 0 Å².